The number of nitrogens with one attached hydrogen (secondary N) is 1. The second kappa shape index (κ2) is 7.04. The van der Waals surface area contributed by atoms with Gasteiger partial charge in [-0.05, 0) is 37.3 Å². The van der Waals surface area contributed by atoms with Crippen LogP contribution in [0.5, 0.6) is 5.75 Å². The number of para-hydroxylation sites is 2. The Labute approximate surface area is 135 Å². The van der Waals surface area contributed by atoms with Crippen LogP contribution in [0.3, 0.4) is 0 Å². The fourth-order valence-electron chi connectivity index (χ4n) is 1.74. The summed E-state index contributed by atoms with van der Waals surface area (Å²) in [5, 5.41) is 13.4. The maximum atomic E-state index is 12.1. The minimum atomic E-state index is -0.791. The number of hydrogen-bond acceptors (Lipinski definition) is 4. The lowest BCUT2D eigenvalue weighted by molar-refractivity contribution is -0.383. The molecule has 0 radical (unpaired) electrons. The van der Waals surface area contributed by atoms with E-state index in [1.54, 1.807) is 37.3 Å². The first-order chi connectivity index (χ1) is 10.5. The number of ether oxygens (including phenoxy) is 1. The number of halogens is 1. The van der Waals surface area contributed by atoms with E-state index in [4.69, 9.17) is 4.74 Å². The van der Waals surface area contributed by atoms with Gasteiger partial charge in [-0.15, -0.1) is 0 Å². The molecule has 0 aromatic heterocycles. The SMILES string of the molecule is C[C@H](Oc1ccc(Br)cc1)C(=O)Nc1ccccc1[N+](=O)[O-]. The zero-order chi connectivity index (χ0) is 16.1. The zero-order valence-electron chi connectivity index (χ0n) is 11.7. The molecule has 1 N–H and O–H groups in total. The second-order valence-corrected chi connectivity index (χ2v) is 5.39. The van der Waals surface area contributed by atoms with Crippen molar-refractivity contribution in [3.05, 3.63) is 63.1 Å². The molecule has 0 aliphatic carbocycles. The summed E-state index contributed by atoms with van der Waals surface area (Å²) < 4.78 is 6.40. The van der Waals surface area contributed by atoms with Crippen LogP contribution in [0, 0.1) is 10.1 Å². The van der Waals surface area contributed by atoms with Crippen molar-refractivity contribution in [3.8, 4) is 5.75 Å². The third-order valence-corrected chi connectivity index (χ3v) is 3.38. The van der Waals surface area contributed by atoms with Gasteiger partial charge in [-0.25, -0.2) is 0 Å². The Balaban J connectivity index is 2.05. The minimum absolute atomic E-state index is 0.142. The van der Waals surface area contributed by atoms with Gasteiger partial charge in [-0.3, -0.25) is 14.9 Å². The van der Waals surface area contributed by atoms with Gasteiger partial charge in [-0.2, -0.15) is 0 Å². The van der Waals surface area contributed by atoms with Crippen LogP contribution >= 0.6 is 15.9 Å². The normalized spacial score (nSPS) is 11.5. The predicted molar refractivity (Wildman–Crippen MR) is 86.0 cm³/mol. The van der Waals surface area contributed by atoms with Gasteiger partial charge in [0, 0.05) is 10.5 Å². The van der Waals surface area contributed by atoms with Gasteiger partial charge in [-0.1, -0.05) is 28.1 Å². The Hall–Kier alpha value is -2.41. The molecule has 1 amide bonds. The largest absolute Gasteiger partial charge is 0.481 e. The molecule has 0 saturated heterocycles. The molecular weight excluding hydrogens is 352 g/mol. The quantitative estimate of drug-likeness (QED) is 0.646. The molecule has 22 heavy (non-hydrogen) atoms. The van der Waals surface area contributed by atoms with Crippen molar-refractivity contribution in [2.45, 2.75) is 13.0 Å². The molecule has 0 spiro atoms. The van der Waals surface area contributed by atoms with E-state index in [0.29, 0.717) is 5.75 Å². The molecular formula is C15H13BrN2O4. The van der Waals surface area contributed by atoms with Gasteiger partial charge in [0.15, 0.2) is 6.10 Å². The summed E-state index contributed by atoms with van der Waals surface area (Å²) >= 11 is 3.31. The third kappa shape index (κ3) is 4.05. The highest BCUT2D eigenvalue weighted by Gasteiger charge is 2.19. The van der Waals surface area contributed by atoms with E-state index in [1.807, 2.05) is 0 Å². The lowest BCUT2D eigenvalue weighted by atomic mass is 10.2. The van der Waals surface area contributed by atoms with E-state index < -0.39 is 16.9 Å². The van der Waals surface area contributed by atoms with Crippen molar-refractivity contribution >= 4 is 33.2 Å². The van der Waals surface area contributed by atoms with Gasteiger partial charge in [0.25, 0.3) is 11.6 Å². The van der Waals surface area contributed by atoms with E-state index in [9.17, 15) is 14.9 Å². The first-order valence-corrected chi connectivity index (χ1v) is 7.23. The maximum absolute atomic E-state index is 12.1. The summed E-state index contributed by atoms with van der Waals surface area (Å²) in [6, 6.07) is 13.0. The number of amides is 1. The number of nitro benzene ring substituents is 1. The Bertz CT molecular complexity index is 688. The molecule has 0 fully saturated rings. The van der Waals surface area contributed by atoms with Crippen molar-refractivity contribution < 1.29 is 14.5 Å². The van der Waals surface area contributed by atoms with E-state index in [-0.39, 0.29) is 11.4 Å². The van der Waals surface area contributed by atoms with Crippen molar-refractivity contribution in [3.63, 3.8) is 0 Å². The number of hydrogen-bond donors (Lipinski definition) is 1. The zero-order valence-corrected chi connectivity index (χ0v) is 13.2. The van der Waals surface area contributed by atoms with Crippen molar-refractivity contribution in [1.82, 2.24) is 0 Å². The Morgan fingerprint density at radius 2 is 1.86 bits per heavy atom. The molecule has 7 heteroatoms. The monoisotopic (exact) mass is 364 g/mol. The average molecular weight is 365 g/mol. The van der Waals surface area contributed by atoms with Gasteiger partial charge in [0.2, 0.25) is 0 Å². The van der Waals surface area contributed by atoms with Gasteiger partial charge in [0.1, 0.15) is 11.4 Å². The first kappa shape index (κ1) is 16.0. The van der Waals surface area contributed by atoms with Crippen LogP contribution < -0.4 is 10.1 Å². The minimum Gasteiger partial charge on any atom is -0.481 e. The summed E-state index contributed by atoms with van der Waals surface area (Å²) in [7, 11) is 0. The van der Waals surface area contributed by atoms with Crippen molar-refractivity contribution in [2.24, 2.45) is 0 Å². The predicted octanol–water partition coefficient (Wildman–Crippen LogP) is 3.76. The summed E-state index contributed by atoms with van der Waals surface area (Å²) in [5.74, 6) is 0.0747. The lowest BCUT2D eigenvalue weighted by Gasteiger charge is -2.14. The van der Waals surface area contributed by atoms with E-state index in [1.165, 1.54) is 18.2 Å². The molecule has 0 bridgehead atoms. The molecule has 0 aliphatic rings. The molecule has 6 nitrogen and oxygen atoms in total. The smallest absolute Gasteiger partial charge is 0.292 e. The lowest BCUT2D eigenvalue weighted by Crippen LogP contribution is -2.30. The van der Waals surface area contributed by atoms with Crippen molar-refractivity contribution in [2.75, 3.05) is 5.32 Å². The van der Waals surface area contributed by atoms with Crippen LogP contribution in [0.2, 0.25) is 0 Å². The summed E-state index contributed by atoms with van der Waals surface area (Å²) in [5.41, 5.74) is -0.0181. The first-order valence-electron chi connectivity index (χ1n) is 6.44. The molecule has 2 aromatic carbocycles. The van der Waals surface area contributed by atoms with Crippen LogP contribution in [0.1, 0.15) is 6.92 Å². The van der Waals surface area contributed by atoms with Crippen LogP contribution in [-0.2, 0) is 4.79 Å². The highest BCUT2D eigenvalue weighted by Crippen LogP contribution is 2.24. The second-order valence-electron chi connectivity index (χ2n) is 4.48. The van der Waals surface area contributed by atoms with Gasteiger partial charge >= 0.3 is 0 Å². The summed E-state index contributed by atoms with van der Waals surface area (Å²) in [6.07, 6.45) is -0.791. The van der Waals surface area contributed by atoms with Crippen LogP contribution in [-0.4, -0.2) is 16.9 Å². The van der Waals surface area contributed by atoms with Crippen LogP contribution in [0.4, 0.5) is 11.4 Å². The highest BCUT2D eigenvalue weighted by atomic mass is 79.9. The average Bonchev–Trinajstić information content (AvgIpc) is 2.49. The molecule has 0 aliphatic heterocycles. The number of carbonyl (C=O) groups is 1. The number of carbonyl (C=O) groups excluding carboxylic acids is 1. The van der Waals surface area contributed by atoms with E-state index >= 15 is 0 Å². The number of nitrogens with zero attached hydrogens (tertiary/aromatic N) is 1. The number of nitro groups is 1. The number of benzene rings is 2. The molecule has 1 atom stereocenters. The number of rotatable bonds is 5. The fraction of sp³-hybridized carbons (Fsp3) is 0.133. The fourth-order valence-corrected chi connectivity index (χ4v) is 2.01. The molecule has 0 saturated carbocycles. The van der Waals surface area contributed by atoms with Crippen LogP contribution in [0.15, 0.2) is 53.0 Å². The van der Waals surface area contributed by atoms with Crippen molar-refractivity contribution in [1.29, 1.82) is 0 Å². The molecule has 114 valence electrons. The Kier molecular flexibility index (Phi) is 5.11. The summed E-state index contributed by atoms with van der Waals surface area (Å²) in [6.45, 7) is 1.58. The summed E-state index contributed by atoms with van der Waals surface area (Å²) in [4.78, 5) is 22.5. The Morgan fingerprint density at radius 3 is 2.50 bits per heavy atom. The van der Waals surface area contributed by atoms with Crippen LogP contribution in [0.25, 0.3) is 0 Å². The molecule has 0 heterocycles. The Morgan fingerprint density at radius 1 is 1.23 bits per heavy atom. The van der Waals surface area contributed by atoms with Gasteiger partial charge < -0.3 is 10.1 Å². The van der Waals surface area contributed by atoms with E-state index in [0.717, 1.165) is 4.47 Å². The third-order valence-electron chi connectivity index (χ3n) is 2.85. The van der Waals surface area contributed by atoms with E-state index in [2.05, 4.69) is 21.2 Å². The molecule has 0 unspecified atom stereocenters. The maximum Gasteiger partial charge on any atom is 0.292 e. The standard InChI is InChI=1S/C15H13BrN2O4/c1-10(22-12-8-6-11(16)7-9-12)15(19)17-13-4-2-3-5-14(13)18(20)21/h2-10H,1H3,(H,17,19)/t10-/m0/s1. The molecule has 2 aromatic rings. The topological polar surface area (TPSA) is 81.5 Å². The highest BCUT2D eigenvalue weighted by molar-refractivity contribution is 9.10. The number of anilines is 1. The van der Waals surface area contributed by atoms with Gasteiger partial charge in [0.05, 0.1) is 4.92 Å². The molecule has 2 rings (SSSR count).